The van der Waals surface area contributed by atoms with Gasteiger partial charge >= 0.3 is 6.03 Å². The van der Waals surface area contributed by atoms with E-state index in [1.807, 2.05) is 71.6 Å². The largest absolute Gasteiger partial charge is 0.507 e. The van der Waals surface area contributed by atoms with E-state index in [1.54, 1.807) is 22.8 Å². The lowest BCUT2D eigenvalue weighted by molar-refractivity contribution is 0.166. The van der Waals surface area contributed by atoms with Crippen LogP contribution in [0.25, 0.3) is 16.9 Å². The topological polar surface area (TPSA) is 94.8 Å². The van der Waals surface area contributed by atoms with Gasteiger partial charge in [0.1, 0.15) is 11.6 Å². The molecule has 1 unspecified atom stereocenters. The van der Waals surface area contributed by atoms with Crippen molar-refractivity contribution in [3.63, 3.8) is 0 Å². The van der Waals surface area contributed by atoms with Crippen LogP contribution < -0.4 is 10.6 Å². The summed E-state index contributed by atoms with van der Waals surface area (Å²) in [5.74, 6) is 1.36. The van der Waals surface area contributed by atoms with Gasteiger partial charge in [-0.25, -0.2) is 9.78 Å². The number of para-hydroxylation sites is 1. The van der Waals surface area contributed by atoms with E-state index in [1.165, 1.54) is 6.42 Å². The Hall–Kier alpha value is -3.55. The van der Waals surface area contributed by atoms with Crippen molar-refractivity contribution in [3.8, 4) is 17.0 Å². The predicted molar refractivity (Wildman–Crippen MR) is 171 cm³/mol. The van der Waals surface area contributed by atoms with Gasteiger partial charge in [-0.15, -0.1) is 13.2 Å². The molecule has 2 aromatic heterocycles. The Labute approximate surface area is 242 Å². The van der Waals surface area contributed by atoms with Gasteiger partial charge in [0.2, 0.25) is 0 Å². The van der Waals surface area contributed by atoms with Crippen LogP contribution in [-0.2, 0) is 0 Å². The van der Waals surface area contributed by atoms with Gasteiger partial charge in [0, 0.05) is 42.9 Å². The van der Waals surface area contributed by atoms with Gasteiger partial charge in [0.25, 0.3) is 0 Å². The number of aryl methyl sites for hydroxylation is 1. The van der Waals surface area contributed by atoms with Crippen molar-refractivity contribution < 1.29 is 9.90 Å². The first-order valence-corrected chi connectivity index (χ1v) is 14.8. The van der Waals surface area contributed by atoms with Crippen LogP contribution in [0.5, 0.6) is 5.75 Å². The number of phenolic OH excluding ortho intramolecular Hbond substituents is 1. The molecule has 3 heterocycles. The molecular weight excluding hydrogens is 500 g/mol. The Morgan fingerprint density at radius 3 is 2.38 bits per heavy atom. The molecule has 4 rings (SSSR count). The van der Waals surface area contributed by atoms with Crippen molar-refractivity contribution in [1.82, 2.24) is 24.8 Å². The molecule has 1 saturated heterocycles. The van der Waals surface area contributed by atoms with Crippen LogP contribution in [0.2, 0.25) is 0 Å². The molecule has 0 bridgehead atoms. The Morgan fingerprint density at radius 1 is 1.15 bits per heavy atom. The van der Waals surface area contributed by atoms with Gasteiger partial charge in [-0.1, -0.05) is 60.1 Å². The minimum absolute atomic E-state index is 0.00976. The van der Waals surface area contributed by atoms with Gasteiger partial charge in [-0.05, 0) is 51.7 Å². The maximum absolute atomic E-state index is 12.4. The highest BCUT2D eigenvalue weighted by atomic mass is 16.3. The third-order valence-electron chi connectivity index (χ3n) is 5.62. The predicted octanol–water partition coefficient (Wildman–Crippen LogP) is 7.92. The number of fused-ring (bicyclic) bond motifs is 1. The number of rotatable bonds is 5. The first-order valence-electron chi connectivity index (χ1n) is 14.8. The number of hydrogen-bond acceptors (Lipinski definition) is 5. The normalized spacial score (nSPS) is 13.8. The Balaban J connectivity index is 0.00000153. The summed E-state index contributed by atoms with van der Waals surface area (Å²) in [7, 11) is 0. The van der Waals surface area contributed by atoms with Crippen LogP contribution in [-0.4, -0.2) is 56.3 Å². The molecule has 3 N–H and O–H groups in total. The van der Waals surface area contributed by atoms with E-state index in [2.05, 4.69) is 42.7 Å². The second-order valence-electron chi connectivity index (χ2n) is 9.25. The molecule has 1 atom stereocenters. The first-order chi connectivity index (χ1) is 19.3. The molecule has 8 heteroatoms. The standard InChI is InChI=1S/C23H30N6O2.C3H8.2C2H6.C2H4/c1-15(2)26-23(31)28-10-6-7-17(14-28)13-24-21-11-19(18-8-4-5-9-20(18)30)27-22-16(3)12-25-29(21)22;1-3-2;3*1-2/h4-5,8-9,11-12,15,17,24,30H,6-7,10,13-14H2,1-3H3,(H,26,31);3H2,1-2H3;2*1-2H3;1-2H2. The highest BCUT2D eigenvalue weighted by Crippen LogP contribution is 2.30. The molecule has 1 fully saturated rings. The SMILES string of the molecule is C=C.CC.CC.CCC.Cc1cnn2c(NCC3CCCN(C(=O)NC(C)C)C3)cc(-c3ccccc3O)nc12. The number of aromatic hydroxyl groups is 1. The molecule has 0 spiro atoms. The van der Waals surface area contributed by atoms with Gasteiger partial charge in [0.05, 0.1) is 11.9 Å². The number of hydrogen-bond donors (Lipinski definition) is 3. The van der Waals surface area contributed by atoms with Gasteiger partial charge in [-0.2, -0.15) is 9.61 Å². The van der Waals surface area contributed by atoms with Crippen LogP contribution in [0.15, 0.2) is 49.7 Å². The van der Waals surface area contributed by atoms with Crippen molar-refractivity contribution in [2.24, 2.45) is 5.92 Å². The second kappa shape index (κ2) is 20.4. The molecular formula is C32H54N6O2. The zero-order valence-corrected chi connectivity index (χ0v) is 26.4. The fourth-order valence-electron chi connectivity index (χ4n) is 4.03. The second-order valence-corrected chi connectivity index (χ2v) is 9.25. The third-order valence-corrected chi connectivity index (χ3v) is 5.62. The molecule has 1 aromatic carbocycles. The minimum Gasteiger partial charge on any atom is -0.507 e. The summed E-state index contributed by atoms with van der Waals surface area (Å²) in [5, 5.41) is 21.3. The molecule has 0 radical (unpaired) electrons. The molecule has 1 aliphatic rings. The summed E-state index contributed by atoms with van der Waals surface area (Å²) < 4.78 is 1.80. The number of urea groups is 1. The zero-order chi connectivity index (χ0) is 30.7. The average Bonchev–Trinajstić information content (AvgIpc) is 3.36. The maximum Gasteiger partial charge on any atom is 0.317 e. The number of carbonyl (C=O) groups excluding carboxylic acids is 1. The summed E-state index contributed by atoms with van der Waals surface area (Å²) in [6.45, 7) is 26.4. The third kappa shape index (κ3) is 10.9. The number of amides is 2. The number of anilines is 1. The van der Waals surface area contributed by atoms with Crippen molar-refractivity contribution >= 4 is 17.5 Å². The fourth-order valence-corrected chi connectivity index (χ4v) is 4.03. The van der Waals surface area contributed by atoms with Crippen molar-refractivity contribution in [2.75, 3.05) is 25.0 Å². The highest BCUT2D eigenvalue weighted by molar-refractivity contribution is 5.74. The summed E-state index contributed by atoms with van der Waals surface area (Å²) in [5.41, 5.74) is 3.10. The smallest absolute Gasteiger partial charge is 0.317 e. The average molecular weight is 555 g/mol. The van der Waals surface area contributed by atoms with Gasteiger partial charge < -0.3 is 20.6 Å². The van der Waals surface area contributed by atoms with E-state index in [-0.39, 0.29) is 17.8 Å². The molecule has 1 aliphatic heterocycles. The quantitative estimate of drug-likeness (QED) is 0.278. The van der Waals surface area contributed by atoms with Crippen LogP contribution in [0, 0.1) is 12.8 Å². The molecule has 8 nitrogen and oxygen atoms in total. The summed E-state index contributed by atoms with van der Waals surface area (Å²) in [6, 6.07) is 9.26. The van der Waals surface area contributed by atoms with E-state index in [0.717, 1.165) is 49.5 Å². The molecule has 40 heavy (non-hydrogen) atoms. The minimum atomic E-state index is 0.00976. The van der Waals surface area contributed by atoms with E-state index >= 15 is 0 Å². The Kier molecular flexibility index (Phi) is 18.6. The molecule has 2 amide bonds. The number of likely N-dealkylation sites (tertiary alicyclic amines) is 1. The number of carbonyl (C=O) groups is 1. The van der Waals surface area contributed by atoms with E-state index < -0.39 is 0 Å². The van der Waals surface area contributed by atoms with Crippen LogP contribution >= 0.6 is 0 Å². The number of nitrogens with one attached hydrogen (secondary N) is 2. The van der Waals surface area contributed by atoms with E-state index in [0.29, 0.717) is 17.2 Å². The Morgan fingerprint density at radius 2 is 1.77 bits per heavy atom. The number of aromatic nitrogens is 3. The lowest BCUT2D eigenvalue weighted by Crippen LogP contribution is -2.48. The molecule has 3 aromatic rings. The Bertz CT molecular complexity index is 1110. The lowest BCUT2D eigenvalue weighted by Gasteiger charge is -2.33. The number of piperidine rings is 1. The summed E-state index contributed by atoms with van der Waals surface area (Å²) in [4.78, 5) is 19.0. The molecule has 0 aliphatic carbocycles. The number of phenols is 1. The van der Waals surface area contributed by atoms with Crippen LogP contribution in [0.1, 0.15) is 80.2 Å². The number of nitrogens with zero attached hydrogens (tertiary/aromatic N) is 4. The zero-order valence-electron chi connectivity index (χ0n) is 26.4. The van der Waals surface area contributed by atoms with Crippen molar-refractivity contribution in [1.29, 1.82) is 0 Å². The monoisotopic (exact) mass is 554 g/mol. The molecule has 224 valence electrons. The summed E-state index contributed by atoms with van der Waals surface area (Å²) in [6.07, 6.45) is 5.10. The number of benzene rings is 1. The van der Waals surface area contributed by atoms with Gasteiger partial charge in [-0.3, -0.25) is 0 Å². The van der Waals surface area contributed by atoms with E-state index in [9.17, 15) is 9.90 Å². The maximum atomic E-state index is 12.4. The van der Waals surface area contributed by atoms with Gasteiger partial charge in [0.15, 0.2) is 5.65 Å². The van der Waals surface area contributed by atoms with E-state index in [4.69, 9.17) is 4.98 Å². The fraction of sp³-hybridized carbons (Fsp3) is 0.531. The van der Waals surface area contributed by atoms with Crippen LogP contribution in [0.4, 0.5) is 10.6 Å². The van der Waals surface area contributed by atoms with Crippen molar-refractivity contribution in [2.45, 2.75) is 87.6 Å². The highest BCUT2D eigenvalue weighted by Gasteiger charge is 2.24. The molecule has 0 saturated carbocycles. The van der Waals surface area contributed by atoms with Crippen LogP contribution in [0.3, 0.4) is 0 Å². The van der Waals surface area contributed by atoms with Crippen molar-refractivity contribution in [3.05, 3.63) is 55.3 Å². The summed E-state index contributed by atoms with van der Waals surface area (Å²) >= 11 is 0. The first kappa shape index (κ1) is 36.5. The lowest BCUT2D eigenvalue weighted by atomic mass is 9.98.